The lowest BCUT2D eigenvalue weighted by molar-refractivity contribution is -0.389. The number of likely N-dealkylation sites (tertiary alicyclic amines) is 1. The van der Waals surface area contributed by atoms with E-state index in [1.54, 1.807) is 4.90 Å². The molecule has 9 heteroatoms. The third-order valence-corrected chi connectivity index (χ3v) is 4.47. The van der Waals surface area contributed by atoms with E-state index in [4.69, 9.17) is 4.74 Å². The molecule has 1 N–H and O–H groups in total. The van der Waals surface area contributed by atoms with E-state index < -0.39 is 10.5 Å². The van der Waals surface area contributed by atoms with E-state index in [1.807, 2.05) is 20.8 Å². The van der Waals surface area contributed by atoms with Gasteiger partial charge in [-0.15, -0.1) is 0 Å². The molecule has 1 saturated heterocycles. The summed E-state index contributed by atoms with van der Waals surface area (Å²) in [6.07, 6.45) is 3.47. The van der Waals surface area contributed by atoms with Crippen LogP contribution in [0.5, 0.6) is 0 Å². The number of carbonyl (C=O) groups excluding carboxylic acids is 2. The van der Waals surface area contributed by atoms with Gasteiger partial charge in [-0.05, 0) is 68.3 Å². The summed E-state index contributed by atoms with van der Waals surface area (Å²) in [5, 5.41) is 13.3. The number of piperidine rings is 1. The summed E-state index contributed by atoms with van der Waals surface area (Å²) < 4.78 is 5.39. The van der Waals surface area contributed by atoms with Crippen molar-refractivity contribution >= 4 is 23.6 Å². The van der Waals surface area contributed by atoms with Crippen molar-refractivity contribution in [1.82, 2.24) is 9.88 Å². The van der Waals surface area contributed by atoms with Gasteiger partial charge < -0.3 is 19.8 Å². The number of anilines is 1. The number of ether oxygens (including phenoxy) is 1. The summed E-state index contributed by atoms with van der Waals surface area (Å²) in [5.41, 5.74) is -0.491. The highest BCUT2D eigenvalue weighted by Gasteiger charge is 2.26. The van der Waals surface area contributed by atoms with E-state index in [0.717, 1.165) is 25.7 Å². The second kappa shape index (κ2) is 9.48. The van der Waals surface area contributed by atoms with Crippen LogP contribution in [0.2, 0.25) is 0 Å². The predicted molar refractivity (Wildman–Crippen MR) is 104 cm³/mol. The molecular weight excluding hydrogens is 364 g/mol. The number of aromatic nitrogens is 1. The lowest BCUT2D eigenvalue weighted by Gasteiger charge is -2.33. The minimum Gasteiger partial charge on any atom is -0.444 e. The van der Waals surface area contributed by atoms with Gasteiger partial charge in [0.05, 0.1) is 0 Å². The monoisotopic (exact) mass is 392 g/mol. The van der Waals surface area contributed by atoms with Crippen LogP contribution in [-0.2, 0) is 9.53 Å². The Balaban J connectivity index is 1.67. The van der Waals surface area contributed by atoms with E-state index in [1.165, 1.54) is 18.2 Å². The molecule has 0 radical (unpaired) electrons. The molecular formula is C19H28N4O5. The first kappa shape index (κ1) is 21.6. The zero-order valence-electron chi connectivity index (χ0n) is 16.6. The van der Waals surface area contributed by atoms with Crippen LogP contribution in [0.25, 0.3) is 0 Å². The molecule has 0 atom stereocenters. The maximum absolute atomic E-state index is 12.1. The Morgan fingerprint density at radius 1 is 1.32 bits per heavy atom. The smallest absolute Gasteiger partial charge is 0.410 e. The van der Waals surface area contributed by atoms with Gasteiger partial charge in [-0.1, -0.05) is 0 Å². The van der Waals surface area contributed by atoms with E-state index in [0.29, 0.717) is 25.4 Å². The number of hydrogen-bond acceptors (Lipinski definition) is 6. The van der Waals surface area contributed by atoms with Gasteiger partial charge in [-0.25, -0.2) is 4.79 Å². The second-order valence-corrected chi connectivity index (χ2v) is 7.99. The van der Waals surface area contributed by atoms with Crippen LogP contribution in [0, 0.1) is 16.0 Å². The van der Waals surface area contributed by atoms with Gasteiger partial charge in [0.15, 0.2) is 0 Å². The highest BCUT2D eigenvalue weighted by Crippen LogP contribution is 2.24. The van der Waals surface area contributed by atoms with Crippen LogP contribution < -0.4 is 5.32 Å². The highest BCUT2D eigenvalue weighted by molar-refractivity contribution is 5.89. The molecule has 154 valence electrons. The Kier molecular flexibility index (Phi) is 7.31. The van der Waals surface area contributed by atoms with Crippen molar-refractivity contribution in [2.45, 2.75) is 58.5 Å². The minimum absolute atomic E-state index is 0.185. The van der Waals surface area contributed by atoms with Crippen LogP contribution in [0.3, 0.4) is 0 Å². The SMILES string of the molecule is CC(C)(C)OC(=O)N1CCC(CCCC(=O)Nc2cccc([N+](=O)[O-])n2)CC1. The minimum atomic E-state index is -0.598. The Morgan fingerprint density at radius 3 is 2.61 bits per heavy atom. The topological polar surface area (TPSA) is 115 Å². The van der Waals surface area contributed by atoms with Gasteiger partial charge in [0.2, 0.25) is 11.7 Å². The first-order valence-electron chi connectivity index (χ1n) is 9.53. The van der Waals surface area contributed by atoms with Crippen LogP contribution in [0.1, 0.15) is 52.9 Å². The Bertz CT molecular complexity index is 709. The molecule has 1 aromatic heterocycles. The molecule has 1 fully saturated rings. The van der Waals surface area contributed by atoms with E-state index in [9.17, 15) is 19.7 Å². The summed E-state index contributed by atoms with van der Waals surface area (Å²) in [7, 11) is 0. The first-order chi connectivity index (χ1) is 13.1. The van der Waals surface area contributed by atoms with Crippen molar-refractivity contribution in [3.05, 3.63) is 28.3 Å². The number of amides is 2. The largest absolute Gasteiger partial charge is 0.444 e. The van der Waals surface area contributed by atoms with Crippen molar-refractivity contribution in [3.63, 3.8) is 0 Å². The molecule has 2 heterocycles. The molecule has 2 rings (SSSR count). The Labute approximate surface area is 164 Å². The molecule has 0 aromatic carbocycles. The van der Waals surface area contributed by atoms with Gasteiger partial charge in [-0.3, -0.25) is 10.1 Å². The van der Waals surface area contributed by atoms with Crippen molar-refractivity contribution < 1.29 is 19.2 Å². The van der Waals surface area contributed by atoms with E-state index in [-0.39, 0.29) is 23.6 Å². The number of nitro groups is 1. The fourth-order valence-electron chi connectivity index (χ4n) is 3.08. The summed E-state index contributed by atoms with van der Waals surface area (Å²) in [5.74, 6) is 0.154. The average molecular weight is 392 g/mol. The van der Waals surface area contributed by atoms with Gasteiger partial charge >= 0.3 is 11.9 Å². The number of rotatable bonds is 6. The third-order valence-electron chi connectivity index (χ3n) is 4.47. The van der Waals surface area contributed by atoms with Crippen molar-refractivity contribution in [2.75, 3.05) is 18.4 Å². The first-order valence-corrected chi connectivity index (χ1v) is 9.53. The lowest BCUT2D eigenvalue weighted by atomic mass is 9.91. The standard InChI is InChI=1S/C19H28N4O5/c1-19(2,3)28-18(25)22-12-10-14(11-13-22)6-4-9-17(24)21-15-7-5-8-16(20-15)23(26)27/h5,7-8,14H,4,6,9-13H2,1-3H3,(H,20,21,24). The maximum atomic E-state index is 12.1. The molecule has 1 aliphatic rings. The summed E-state index contributed by atoms with van der Waals surface area (Å²) in [6.45, 7) is 6.90. The quantitative estimate of drug-likeness (QED) is 0.582. The van der Waals surface area contributed by atoms with Crippen LogP contribution >= 0.6 is 0 Å². The van der Waals surface area contributed by atoms with Crippen molar-refractivity contribution in [2.24, 2.45) is 5.92 Å². The number of nitrogens with one attached hydrogen (secondary N) is 1. The normalized spacial score (nSPS) is 15.2. The number of pyridine rings is 1. The van der Waals surface area contributed by atoms with Crippen LogP contribution in [0.15, 0.2) is 18.2 Å². The summed E-state index contributed by atoms with van der Waals surface area (Å²) in [4.78, 5) is 39.7. The number of hydrogen-bond donors (Lipinski definition) is 1. The lowest BCUT2D eigenvalue weighted by Crippen LogP contribution is -2.41. The summed E-state index contributed by atoms with van der Waals surface area (Å²) >= 11 is 0. The fraction of sp³-hybridized carbons (Fsp3) is 0.632. The van der Waals surface area contributed by atoms with Gasteiger partial charge in [0.25, 0.3) is 0 Å². The molecule has 0 bridgehead atoms. The number of carbonyl (C=O) groups is 2. The van der Waals surface area contributed by atoms with Crippen LogP contribution in [0.4, 0.5) is 16.4 Å². The molecule has 0 spiro atoms. The molecule has 0 unspecified atom stereocenters. The van der Waals surface area contributed by atoms with Crippen LogP contribution in [-0.4, -0.2) is 45.5 Å². The summed E-state index contributed by atoms with van der Waals surface area (Å²) in [6, 6.07) is 4.29. The second-order valence-electron chi connectivity index (χ2n) is 7.99. The van der Waals surface area contributed by atoms with Crippen molar-refractivity contribution in [1.29, 1.82) is 0 Å². The van der Waals surface area contributed by atoms with Gasteiger partial charge in [-0.2, -0.15) is 0 Å². The molecule has 0 saturated carbocycles. The van der Waals surface area contributed by atoms with Gasteiger partial charge in [0, 0.05) is 31.6 Å². The fourth-order valence-corrected chi connectivity index (χ4v) is 3.08. The molecule has 1 aromatic rings. The molecule has 9 nitrogen and oxygen atoms in total. The highest BCUT2D eigenvalue weighted by atomic mass is 16.6. The van der Waals surface area contributed by atoms with E-state index in [2.05, 4.69) is 10.3 Å². The third kappa shape index (κ3) is 7.13. The number of nitrogens with zero attached hydrogens (tertiary/aromatic N) is 3. The maximum Gasteiger partial charge on any atom is 0.410 e. The van der Waals surface area contributed by atoms with Gasteiger partial charge in [0.1, 0.15) is 5.60 Å². The molecule has 28 heavy (non-hydrogen) atoms. The van der Waals surface area contributed by atoms with E-state index >= 15 is 0 Å². The predicted octanol–water partition coefficient (Wildman–Crippen LogP) is 3.75. The molecule has 0 aliphatic carbocycles. The zero-order chi connectivity index (χ0) is 20.7. The average Bonchev–Trinajstić information content (AvgIpc) is 2.61. The van der Waals surface area contributed by atoms with Crippen molar-refractivity contribution in [3.8, 4) is 0 Å². The Hall–Kier alpha value is -2.71. The zero-order valence-corrected chi connectivity index (χ0v) is 16.6. The Morgan fingerprint density at radius 2 is 2.00 bits per heavy atom. The molecule has 1 aliphatic heterocycles. The molecule has 2 amide bonds.